The van der Waals surface area contributed by atoms with Crippen molar-refractivity contribution >= 4 is 5.97 Å². The van der Waals surface area contributed by atoms with Crippen LogP contribution in [0.25, 0.3) is 0 Å². The van der Waals surface area contributed by atoms with E-state index >= 15 is 0 Å². The Morgan fingerprint density at radius 2 is 1.29 bits per heavy atom. The summed E-state index contributed by atoms with van der Waals surface area (Å²) in [6, 6.07) is 27.3. The summed E-state index contributed by atoms with van der Waals surface area (Å²) in [5.74, 6) is -0.128. The summed E-state index contributed by atoms with van der Waals surface area (Å²) in [6.45, 7) is 0. The van der Waals surface area contributed by atoms with Crippen LogP contribution in [0.3, 0.4) is 0 Å². The van der Waals surface area contributed by atoms with Crippen LogP contribution in [-0.2, 0) is 11.2 Å². The lowest BCUT2D eigenvalue weighted by Crippen LogP contribution is -2.09. The Kier molecular flexibility index (Phi) is 4.92. The van der Waals surface area contributed by atoms with Crippen LogP contribution in [0, 0.1) is 0 Å². The third-order valence-corrected chi connectivity index (χ3v) is 3.74. The minimum Gasteiger partial charge on any atom is -0.481 e. The number of benzene rings is 3. The fourth-order valence-electron chi connectivity index (χ4n) is 2.58. The van der Waals surface area contributed by atoms with Gasteiger partial charge in [-0.05, 0) is 28.8 Å². The first-order valence-electron chi connectivity index (χ1n) is 7.79. The molecule has 0 fully saturated rings. The largest absolute Gasteiger partial charge is 0.481 e. The highest BCUT2D eigenvalue weighted by molar-refractivity contribution is 5.70. The van der Waals surface area contributed by atoms with E-state index in [1.807, 2.05) is 72.8 Å². The molecule has 24 heavy (non-hydrogen) atoms. The van der Waals surface area contributed by atoms with Gasteiger partial charge in [0.1, 0.15) is 11.9 Å². The molecule has 0 saturated heterocycles. The van der Waals surface area contributed by atoms with E-state index < -0.39 is 5.97 Å². The molecule has 0 amide bonds. The molecule has 0 atom stereocenters. The minimum atomic E-state index is -0.838. The predicted molar refractivity (Wildman–Crippen MR) is 93.1 cm³/mol. The highest BCUT2D eigenvalue weighted by Gasteiger charge is 2.15. The molecule has 0 saturated carbocycles. The molecule has 0 heterocycles. The molecular formula is C21H18O3. The Hall–Kier alpha value is -3.07. The van der Waals surface area contributed by atoms with Crippen molar-refractivity contribution < 1.29 is 14.6 Å². The molecule has 0 unspecified atom stereocenters. The van der Waals surface area contributed by atoms with E-state index in [1.165, 1.54) is 0 Å². The smallest absolute Gasteiger partial charge is 0.307 e. The summed E-state index contributed by atoms with van der Waals surface area (Å²) in [6.07, 6.45) is -0.195. The zero-order chi connectivity index (χ0) is 16.8. The summed E-state index contributed by atoms with van der Waals surface area (Å²) in [4.78, 5) is 10.8. The van der Waals surface area contributed by atoms with Crippen LogP contribution < -0.4 is 4.74 Å². The van der Waals surface area contributed by atoms with Gasteiger partial charge in [-0.2, -0.15) is 0 Å². The first kappa shape index (κ1) is 15.8. The molecule has 0 bridgehead atoms. The molecule has 3 rings (SSSR count). The van der Waals surface area contributed by atoms with Crippen LogP contribution in [0.15, 0.2) is 84.9 Å². The summed E-state index contributed by atoms with van der Waals surface area (Å²) < 4.78 is 6.20. The minimum absolute atomic E-state index is 0.0150. The molecule has 0 aromatic heterocycles. The maximum atomic E-state index is 10.8. The third-order valence-electron chi connectivity index (χ3n) is 3.74. The molecular weight excluding hydrogens is 300 g/mol. The number of carboxylic acids is 1. The van der Waals surface area contributed by atoms with E-state index in [9.17, 15) is 4.79 Å². The lowest BCUT2D eigenvalue weighted by molar-refractivity contribution is -0.136. The number of carboxylic acid groups (broad SMARTS) is 1. The van der Waals surface area contributed by atoms with Crippen molar-refractivity contribution in [3.63, 3.8) is 0 Å². The topological polar surface area (TPSA) is 46.5 Å². The van der Waals surface area contributed by atoms with Crippen LogP contribution in [-0.4, -0.2) is 11.1 Å². The van der Waals surface area contributed by atoms with E-state index in [0.29, 0.717) is 5.75 Å². The second-order valence-electron chi connectivity index (χ2n) is 5.53. The van der Waals surface area contributed by atoms with E-state index in [0.717, 1.165) is 16.7 Å². The number of carbonyl (C=O) groups is 1. The van der Waals surface area contributed by atoms with Crippen molar-refractivity contribution in [1.82, 2.24) is 0 Å². The first-order valence-corrected chi connectivity index (χ1v) is 7.79. The Bertz CT molecular complexity index is 741. The standard InChI is InChI=1S/C21H18O3/c22-20(23)15-16-11-13-19(14-12-16)24-21(17-7-3-1-4-8-17)18-9-5-2-6-10-18/h1-14,21H,15H2,(H,22,23). The molecule has 3 heteroatoms. The van der Waals surface area contributed by atoms with Crippen molar-refractivity contribution in [1.29, 1.82) is 0 Å². The molecule has 120 valence electrons. The number of ether oxygens (including phenoxy) is 1. The van der Waals surface area contributed by atoms with Gasteiger partial charge in [0.2, 0.25) is 0 Å². The van der Waals surface area contributed by atoms with Crippen molar-refractivity contribution in [3.05, 3.63) is 102 Å². The predicted octanol–water partition coefficient (Wildman–Crippen LogP) is 4.48. The lowest BCUT2D eigenvalue weighted by atomic mass is 10.0. The zero-order valence-electron chi connectivity index (χ0n) is 13.1. The van der Waals surface area contributed by atoms with Crippen molar-refractivity contribution in [2.45, 2.75) is 12.5 Å². The first-order chi connectivity index (χ1) is 11.7. The highest BCUT2D eigenvalue weighted by atomic mass is 16.5. The molecule has 3 nitrogen and oxygen atoms in total. The monoisotopic (exact) mass is 318 g/mol. The van der Waals surface area contributed by atoms with Gasteiger partial charge in [-0.25, -0.2) is 0 Å². The second-order valence-corrected chi connectivity index (χ2v) is 5.53. The van der Waals surface area contributed by atoms with Crippen LogP contribution in [0.4, 0.5) is 0 Å². The Morgan fingerprint density at radius 3 is 1.75 bits per heavy atom. The Morgan fingerprint density at radius 1 is 0.792 bits per heavy atom. The number of rotatable bonds is 6. The molecule has 0 aliphatic rings. The average Bonchev–Trinajstić information content (AvgIpc) is 2.62. The van der Waals surface area contributed by atoms with Gasteiger partial charge in [0.05, 0.1) is 6.42 Å². The fraction of sp³-hybridized carbons (Fsp3) is 0.0952. The molecule has 3 aromatic rings. The maximum absolute atomic E-state index is 10.8. The van der Waals surface area contributed by atoms with Crippen LogP contribution in [0.5, 0.6) is 5.75 Å². The number of hydrogen-bond acceptors (Lipinski definition) is 2. The third kappa shape index (κ3) is 4.02. The number of hydrogen-bond donors (Lipinski definition) is 1. The van der Waals surface area contributed by atoms with Crippen molar-refractivity contribution in [2.75, 3.05) is 0 Å². The fourth-order valence-corrected chi connectivity index (χ4v) is 2.58. The molecule has 0 spiro atoms. The normalized spacial score (nSPS) is 10.5. The summed E-state index contributed by atoms with van der Waals surface area (Å²) in [5, 5.41) is 8.85. The van der Waals surface area contributed by atoms with E-state index in [-0.39, 0.29) is 12.5 Å². The van der Waals surface area contributed by atoms with Crippen LogP contribution in [0.2, 0.25) is 0 Å². The van der Waals surface area contributed by atoms with E-state index in [4.69, 9.17) is 9.84 Å². The molecule has 1 N–H and O–H groups in total. The zero-order valence-corrected chi connectivity index (χ0v) is 13.1. The quantitative estimate of drug-likeness (QED) is 0.729. The molecule has 0 aliphatic heterocycles. The van der Waals surface area contributed by atoms with Crippen molar-refractivity contribution in [3.8, 4) is 5.75 Å². The Balaban J connectivity index is 1.86. The average molecular weight is 318 g/mol. The second kappa shape index (κ2) is 7.47. The van der Waals surface area contributed by atoms with Crippen molar-refractivity contribution in [2.24, 2.45) is 0 Å². The van der Waals surface area contributed by atoms with E-state index in [1.54, 1.807) is 12.1 Å². The van der Waals surface area contributed by atoms with Gasteiger partial charge in [-0.15, -0.1) is 0 Å². The van der Waals surface area contributed by atoms with Gasteiger partial charge >= 0.3 is 5.97 Å². The van der Waals surface area contributed by atoms with Crippen LogP contribution in [0.1, 0.15) is 22.8 Å². The van der Waals surface area contributed by atoms with Gasteiger partial charge in [-0.3, -0.25) is 4.79 Å². The van der Waals surface area contributed by atoms with Crippen LogP contribution >= 0.6 is 0 Å². The number of aliphatic carboxylic acids is 1. The summed E-state index contributed by atoms with van der Waals surface area (Å²) in [7, 11) is 0. The summed E-state index contributed by atoms with van der Waals surface area (Å²) in [5.41, 5.74) is 2.89. The van der Waals surface area contributed by atoms with Gasteiger partial charge in [0.25, 0.3) is 0 Å². The van der Waals surface area contributed by atoms with Gasteiger partial charge in [0.15, 0.2) is 0 Å². The van der Waals surface area contributed by atoms with Gasteiger partial charge < -0.3 is 9.84 Å². The maximum Gasteiger partial charge on any atom is 0.307 e. The molecule has 0 radical (unpaired) electrons. The lowest BCUT2D eigenvalue weighted by Gasteiger charge is -2.20. The SMILES string of the molecule is O=C(O)Cc1ccc(OC(c2ccccc2)c2ccccc2)cc1. The van der Waals surface area contributed by atoms with Gasteiger partial charge in [-0.1, -0.05) is 72.8 Å². The molecule has 3 aromatic carbocycles. The highest BCUT2D eigenvalue weighted by Crippen LogP contribution is 2.28. The molecule has 0 aliphatic carbocycles. The summed E-state index contributed by atoms with van der Waals surface area (Å²) >= 11 is 0. The Labute approximate surface area is 141 Å². The van der Waals surface area contributed by atoms with E-state index in [2.05, 4.69) is 0 Å². The van der Waals surface area contributed by atoms with Gasteiger partial charge in [0, 0.05) is 0 Å².